The summed E-state index contributed by atoms with van der Waals surface area (Å²) in [6.07, 6.45) is 4.19. The Morgan fingerprint density at radius 1 is 1.14 bits per heavy atom. The van der Waals surface area contributed by atoms with Crippen molar-refractivity contribution >= 4 is 11.8 Å². The number of hydrogen-bond acceptors (Lipinski definition) is 3. The van der Waals surface area contributed by atoms with E-state index >= 15 is 0 Å². The van der Waals surface area contributed by atoms with E-state index in [0.717, 1.165) is 29.5 Å². The minimum atomic E-state index is -0.435. The largest absolute Gasteiger partial charge is 0.449 e. The maximum Gasteiger partial charge on any atom is 0.411 e. The van der Waals surface area contributed by atoms with Gasteiger partial charge in [0.1, 0.15) is 5.82 Å². The second-order valence-electron chi connectivity index (χ2n) is 8.21. The molecule has 2 atom stereocenters. The van der Waals surface area contributed by atoms with E-state index in [1.54, 1.807) is 19.1 Å². The number of amides is 1. The molecule has 0 radical (unpaired) electrons. The third-order valence-electron chi connectivity index (χ3n) is 5.90. The molecule has 2 aliphatic heterocycles. The van der Waals surface area contributed by atoms with Gasteiger partial charge in [0.15, 0.2) is 0 Å². The average Bonchev–Trinajstić information content (AvgIpc) is 3.02. The van der Waals surface area contributed by atoms with Gasteiger partial charge in [-0.15, -0.1) is 0 Å². The molecule has 0 saturated carbocycles. The lowest BCUT2D eigenvalue weighted by molar-refractivity contribution is 0.122. The highest BCUT2D eigenvalue weighted by atomic mass is 19.1. The van der Waals surface area contributed by atoms with Crippen LogP contribution in [0.25, 0.3) is 11.1 Å². The van der Waals surface area contributed by atoms with Gasteiger partial charge in [0, 0.05) is 17.6 Å². The number of nitrogens with one attached hydrogen (secondary N) is 2. The fourth-order valence-electron chi connectivity index (χ4n) is 4.47. The van der Waals surface area contributed by atoms with Crippen LogP contribution in [-0.2, 0) is 4.74 Å². The monoisotopic (exact) mass is 382 g/mol. The van der Waals surface area contributed by atoms with Gasteiger partial charge in [0.2, 0.25) is 0 Å². The summed E-state index contributed by atoms with van der Waals surface area (Å²) < 4.78 is 19.2. The molecule has 2 aliphatic rings. The summed E-state index contributed by atoms with van der Waals surface area (Å²) in [7, 11) is 0. The molecule has 28 heavy (non-hydrogen) atoms. The van der Waals surface area contributed by atoms with Crippen LogP contribution in [0.2, 0.25) is 0 Å². The molecule has 5 heteroatoms. The van der Waals surface area contributed by atoms with Gasteiger partial charge in [-0.2, -0.15) is 0 Å². The molecule has 4 nitrogen and oxygen atoms in total. The van der Waals surface area contributed by atoms with Gasteiger partial charge in [0.05, 0.1) is 12.3 Å². The molecule has 2 bridgehead atoms. The number of ether oxygens (including phenoxy) is 1. The molecule has 2 saturated heterocycles. The maximum absolute atomic E-state index is 13.6. The topological polar surface area (TPSA) is 50.4 Å². The Balaban J connectivity index is 1.44. The van der Waals surface area contributed by atoms with E-state index in [2.05, 4.69) is 10.6 Å². The van der Waals surface area contributed by atoms with E-state index in [9.17, 15) is 9.18 Å². The minimum absolute atomic E-state index is 0.235. The first-order valence-corrected chi connectivity index (χ1v) is 10.0. The number of piperidine rings is 1. The van der Waals surface area contributed by atoms with Crippen LogP contribution in [0.15, 0.2) is 36.4 Å². The highest BCUT2D eigenvalue weighted by Crippen LogP contribution is 2.32. The number of carbonyl (C=O) groups excluding carboxylic acids is 1. The van der Waals surface area contributed by atoms with E-state index < -0.39 is 6.09 Å². The smallest absolute Gasteiger partial charge is 0.411 e. The quantitative estimate of drug-likeness (QED) is 0.765. The fraction of sp³-hybridized carbons (Fsp3) is 0.435. The molecule has 4 rings (SSSR count). The zero-order valence-corrected chi connectivity index (χ0v) is 16.4. The van der Waals surface area contributed by atoms with E-state index in [1.807, 2.05) is 25.1 Å². The first kappa shape index (κ1) is 18.9. The van der Waals surface area contributed by atoms with E-state index in [-0.39, 0.29) is 5.82 Å². The Kier molecular flexibility index (Phi) is 5.36. The van der Waals surface area contributed by atoms with E-state index in [0.29, 0.717) is 35.9 Å². The summed E-state index contributed by atoms with van der Waals surface area (Å²) in [5.74, 6) is 0.197. The number of anilines is 1. The standard InChI is InChI=1S/C23H27FN2O2/c1-14-3-8-22(20(9-14)17-4-7-21(24)15(2)10-17)26-23(27)28-13-16-11-18-5-6-19(12-16)25-18/h3-4,7-10,16,18-19,25H,5-6,11-13H2,1-2H3,(H,26,27). The molecule has 2 heterocycles. The van der Waals surface area contributed by atoms with Gasteiger partial charge in [0.25, 0.3) is 0 Å². The molecule has 0 aliphatic carbocycles. The Hall–Kier alpha value is -2.40. The number of fused-ring (bicyclic) bond motifs is 2. The second kappa shape index (κ2) is 7.92. The van der Waals surface area contributed by atoms with Crippen molar-refractivity contribution in [1.82, 2.24) is 5.32 Å². The lowest BCUT2D eigenvalue weighted by atomic mass is 9.93. The van der Waals surface area contributed by atoms with Crippen LogP contribution >= 0.6 is 0 Å². The lowest BCUT2D eigenvalue weighted by Crippen LogP contribution is -2.39. The van der Waals surface area contributed by atoms with Gasteiger partial charge >= 0.3 is 6.09 Å². The molecular formula is C23H27FN2O2. The van der Waals surface area contributed by atoms with Crippen molar-refractivity contribution in [3.63, 3.8) is 0 Å². The molecule has 0 spiro atoms. The van der Waals surface area contributed by atoms with Crippen molar-refractivity contribution in [2.75, 3.05) is 11.9 Å². The second-order valence-corrected chi connectivity index (χ2v) is 8.21. The van der Waals surface area contributed by atoms with Crippen molar-refractivity contribution in [3.8, 4) is 11.1 Å². The Morgan fingerprint density at radius 3 is 2.61 bits per heavy atom. The third kappa shape index (κ3) is 4.20. The van der Waals surface area contributed by atoms with Crippen molar-refractivity contribution < 1.29 is 13.9 Å². The maximum atomic E-state index is 13.6. The molecule has 2 fully saturated rings. The molecule has 2 aromatic rings. The van der Waals surface area contributed by atoms with Crippen LogP contribution in [0.1, 0.15) is 36.8 Å². The summed E-state index contributed by atoms with van der Waals surface area (Å²) in [5, 5.41) is 6.48. The highest BCUT2D eigenvalue weighted by Gasteiger charge is 2.33. The van der Waals surface area contributed by atoms with E-state index in [4.69, 9.17) is 4.74 Å². The Labute approximate surface area is 165 Å². The van der Waals surface area contributed by atoms with E-state index in [1.165, 1.54) is 18.9 Å². The highest BCUT2D eigenvalue weighted by molar-refractivity contribution is 5.91. The van der Waals surface area contributed by atoms with Crippen LogP contribution in [0.5, 0.6) is 0 Å². The summed E-state index contributed by atoms with van der Waals surface area (Å²) in [6.45, 7) is 4.19. The van der Waals surface area contributed by atoms with Crippen LogP contribution < -0.4 is 10.6 Å². The Morgan fingerprint density at radius 2 is 1.89 bits per heavy atom. The van der Waals surface area contributed by atoms with Gasteiger partial charge in [-0.25, -0.2) is 9.18 Å². The summed E-state index contributed by atoms with van der Waals surface area (Å²) in [6, 6.07) is 12.0. The van der Waals surface area contributed by atoms with Gasteiger partial charge in [-0.05, 0) is 80.8 Å². The first-order chi connectivity index (χ1) is 13.5. The third-order valence-corrected chi connectivity index (χ3v) is 5.90. The van der Waals surface area contributed by atoms with Crippen molar-refractivity contribution in [1.29, 1.82) is 0 Å². The zero-order chi connectivity index (χ0) is 19.7. The fourth-order valence-corrected chi connectivity index (χ4v) is 4.47. The average molecular weight is 382 g/mol. The van der Waals surface area contributed by atoms with Crippen molar-refractivity contribution in [2.24, 2.45) is 5.92 Å². The van der Waals surface area contributed by atoms with Gasteiger partial charge in [-0.1, -0.05) is 17.7 Å². The zero-order valence-electron chi connectivity index (χ0n) is 16.4. The number of hydrogen-bond donors (Lipinski definition) is 2. The lowest BCUT2D eigenvalue weighted by Gasteiger charge is -2.28. The van der Waals surface area contributed by atoms with Crippen LogP contribution in [0.4, 0.5) is 14.9 Å². The number of benzene rings is 2. The van der Waals surface area contributed by atoms with Crippen LogP contribution in [-0.4, -0.2) is 24.8 Å². The number of aryl methyl sites for hydroxylation is 2. The first-order valence-electron chi connectivity index (χ1n) is 10.0. The molecule has 0 aromatic heterocycles. The molecule has 2 N–H and O–H groups in total. The predicted octanol–water partition coefficient (Wildman–Crippen LogP) is 5.19. The van der Waals surface area contributed by atoms with Crippen LogP contribution in [0.3, 0.4) is 0 Å². The van der Waals surface area contributed by atoms with Crippen molar-refractivity contribution in [3.05, 3.63) is 53.3 Å². The molecule has 2 aromatic carbocycles. The summed E-state index contributed by atoms with van der Waals surface area (Å²) in [4.78, 5) is 12.4. The summed E-state index contributed by atoms with van der Waals surface area (Å²) in [5.41, 5.74) is 4.05. The number of rotatable bonds is 4. The van der Waals surface area contributed by atoms with Crippen molar-refractivity contribution in [2.45, 2.75) is 51.6 Å². The number of halogens is 1. The minimum Gasteiger partial charge on any atom is -0.449 e. The molecular weight excluding hydrogens is 355 g/mol. The Bertz CT molecular complexity index is 871. The predicted molar refractivity (Wildman–Crippen MR) is 109 cm³/mol. The molecule has 1 amide bonds. The summed E-state index contributed by atoms with van der Waals surface area (Å²) >= 11 is 0. The normalized spacial score (nSPS) is 23.5. The SMILES string of the molecule is Cc1ccc(NC(=O)OCC2CC3CCC(C2)N3)c(-c2ccc(F)c(C)c2)c1. The number of carbonyl (C=O) groups is 1. The van der Waals surface area contributed by atoms with Crippen LogP contribution in [0, 0.1) is 25.6 Å². The van der Waals surface area contributed by atoms with Gasteiger partial charge in [-0.3, -0.25) is 5.32 Å². The van der Waals surface area contributed by atoms with Gasteiger partial charge < -0.3 is 10.1 Å². The molecule has 2 unspecified atom stereocenters. The molecule has 148 valence electrons.